The second kappa shape index (κ2) is 9.30. The molecule has 1 fully saturated rings. The van der Waals surface area contributed by atoms with E-state index in [9.17, 15) is 18.8 Å². The molecule has 1 heterocycles. The molecule has 1 aliphatic rings. The number of Topliss-reactive ketones (excluding diaryl/α,β-unsaturated/α-hetero) is 1. The summed E-state index contributed by atoms with van der Waals surface area (Å²) >= 11 is 6.47. The van der Waals surface area contributed by atoms with Gasteiger partial charge < -0.3 is 10.5 Å². The first kappa shape index (κ1) is 24.7. The van der Waals surface area contributed by atoms with Gasteiger partial charge in [-0.25, -0.2) is 9.18 Å². The van der Waals surface area contributed by atoms with Crippen molar-refractivity contribution in [2.24, 2.45) is 0 Å². The number of anilines is 1. The number of aromatic nitrogens is 3. The van der Waals surface area contributed by atoms with Crippen LogP contribution in [-0.2, 0) is 10.2 Å². The number of ether oxygens (including phenoxy) is 1. The molecule has 1 saturated carbocycles. The van der Waals surface area contributed by atoms with Gasteiger partial charge in [0.05, 0.1) is 16.1 Å². The lowest BCUT2D eigenvalue weighted by molar-refractivity contribution is -0.127. The third kappa shape index (κ3) is 4.36. The highest BCUT2D eigenvalue weighted by molar-refractivity contribution is 6.32. The van der Waals surface area contributed by atoms with Gasteiger partial charge in [-0.1, -0.05) is 24.9 Å². The van der Waals surface area contributed by atoms with Crippen LogP contribution >= 0.6 is 11.6 Å². The summed E-state index contributed by atoms with van der Waals surface area (Å²) in [6.07, 6.45) is 3.47. The van der Waals surface area contributed by atoms with Crippen molar-refractivity contribution in [1.29, 1.82) is 0 Å². The summed E-state index contributed by atoms with van der Waals surface area (Å²) in [4.78, 5) is 38.8. The number of aryl methyl sites for hydroxylation is 1. The van der Waals surface area contributed by atoms with Crippen molar-refractivity contribution < 1.29 is 13.9 Å². The molecule has 4 rings (SSSR count). The summed E-state index contributed by atoms with van der Waals surface area (Å²) in [5, 5.41) is 3.94. The number of nitrogen functional groups attached to an aromatic ring is 1. The number of halogens is 2. The number of carbonyl (C=O) groups excluding carboxylic acids is 1. The van der Waals surface area contributed by atoms with Crippen molar-refractivity contribution in [1.82, 2.24) is 14.8 Å². The van der Waals surface area contributed by atoms with Gasteiger partial charge in [0.2, 0.25) is 5.82 Å². The van der Waals surface area contributed by atoms with Crippen LogP contribution in [0.25, 0.3) is 5.69 Å². The van der Waals surface area contributed by atoms with Crippen molar-refractivity contribution in [3.05, 3.63) is 72.6 Å². The van der Waals surface area contributed by atoms with Crippen LogP contribution in [-0.4, -0.2) is 20.5 Å². The summed E-state index contributed by atoms with van der Waals surface area (Å²) in [5.74, 6) is -0.220. The highest BCUT2D eigenvalue weighted by atomic mass is 35.5. The van der Waals surface area contributed by atoms with Crippen LogP contribution in [0.4, 0.5) is 10.2 Å². The number of carbonyl (C=O) groups is 1. The number of aromatic amines is 1. The lowest BCUT2D eigenvalue weighted by Gasteiger charge is -2.42. The molecule has 0 atom stereocenters. The zero-order valence-corrected chi connectivity index (χ0v) is 20.5. The van der Waals surface area contributed by atoms with Crippen LogP contribution in [0.5, 0.6) is 11.5 Å². The quantitative estimate of drug-likeness (QED) is 0.493. The average molecular weight is 501 g/mol. The highest BCUT2D eigenvalue weighted by Gasteiger charge is 2.46. The van der Waals surface area contributed by atoms with E-state index in [0.29, 0.717) is 36.0 Å². The largest absolute Gasteiger partial charge is 0.455 e. The van der Waals surface area contributed by atoms with Crippen LogP contribution in [0, 0.1) is 19.7 Å². The van der Waals surface area contributed by atoms with Crippen molar-refractivity contribution >= 4 is 23.2 Å². The Morgan fingerprint density at radius 3 is 2.57 bits per heavy atom. The maximum atomic E-state index is 15.0. The molecule has 0 spiro atoms. The monoisotopic (exact) mass is 500 g/mol. The average Bonchev–Trinajstić information content (AvgIpc) is 2.75. The van der Waals surface area contributed by atoms with Crippen molar-refractivity contribution in [2.75, 3.05) is 5.73 Å². The minimum atomic E-state index is -0.784. The maximum Gasteiger partial charge on any atom is 0.349 e. The van der Waals surface area contributed by atoms with E-state index in [1.807, 2.05) is 6.92 Å². The summed E-state index contributed by atoms with van der Waals surface area (Å²) in [7, 11) is 0. The molecule has 0 saturated heterocycles. The number of ketones is 1. The molecule has 1 aromatic heterocycles. The Labute approximate surface area is 205 Å². The summed E-state index contributed by atoms with van der Waals surface area (Å²) in [5.41, 5.74) is 5.20. The molecule has 8 nitrogen and oxygen atoms in total. The zero-order valence-electron chi connectivity index (χ0n) is 19.7. The lowest BCUT2D eigenvalue weighted by Crippen LogP contribution is -2.43. The van der Waals surface area contributed by atoms with Gasteiger partial charge in [0, 0.05) is 12.5 Å². The van der Waals surface area contributed by atoms with Gasteiger partial charge in [-0.3, -0.25) is 14.6 Å². The zero-order chi connectivity index (χ0) is 25.5. The molecule has 2 aromatic carbocycles. The van der Waals surface area contributed by atoms with Gasteiger partial charge in [-0.05, 0) is 68.0 Å². The van der Waals surface area contributed by atoms with Crippen LogP contribution < -0.4 is 21.7 Å². The van der Waals surface area contributed by atoms with Gasteiger partial charge >= 0.3 is 5.69 Å². The molecule has 0 radical (unpaired) electrons. The molecule has 10 heteroatoms. The fourth-order valence-electron chi connectivity index (χ4n) is 4.57. The number of rotatable bonds is 7. The molecule has 1 aliphatic carbocycles. The minimum absolute atomic E-state index is 0.127. The molecule has 3 aromatic rings. The molecular weight excluding hydrogens is 475 g/mol. The number of nitrogens with one attached hydrogen (secondary N) is 1. The van der Waals surface area contributed by atoms with Gasteiger partial charge in [-0.2, -0.15) is 4.68 Å². The van der Waals surface area contributed by atoms with Gasteiger partial charge in [0.1, 0.15) is 23.1 Å². The smallest absolute Gasteiger partial charge is 0.349 e. The molecule has 35 heavy (non-hydrogen) atoms. The SMILES string of the molecule is CCCC(=O)C1(c2cc(Oc3c(C)cc(-n4nc(N)c(=O)[nH]c4=O)cc3Cl)cc(F)c2C)CCC1. The van der Waals surface area contributed by atoms with E-state index in [1.54, 1.807) is 26.0 Å². The second-order valence-electron chi connectivity index (χ2n) is 8.92. The van der Waals surface area contributed by atoms with Gasteiger partial charge in [0.15, 0.2) is 0 Å². The van der Waals surface area contributed by atoms with E-state index >= 15 is 0 Å². The van der Waals surface area contributed by atoms with E-state index in [-0.39, 0.29) is 33.8 Å². The Kier molecular flexibility index (Phi) is 6.55. The van der Waals surface area contributed by atoms with Crippen LogP contribution in [0.3, 0.4) is 0 Å². The Morgan fingerprint density at radius 1 is 1.26 bits per heavy atom. The predicted octanol–water partition coefficient (Wildman–Crippen LogP) is 4.50. The molecule has 0 aliphatic heterocycles. The first-order chi connectivity index (χ1) is 16.6. The highest BCUT2D eigenvalue weighted by Crippen LogP contribution is 2.48. The van der Waals surface area contributed by atoms with Crippen LogP contribution in [0.15, 0.2) is 33.9 Å². The Balaban J connectivity index is 1.74. The number of benzene rings is 2. The predicted molar refractivity (Wildman–Crippen MR) is 131 cm³/mol. The molecule has 0 amide bonds. The maximum absolute atomic E-state index is 15.0. The van der Waals surface area contributed by atoms with Crippen LogP contribution in [0.1, 0.15) is 55.7 Å². The molecule has 3 N–H and O–H groups in total. The van der Waals surface area contributed by atoms with E-state index in [0.717, 1.165) is 17.5 Å². The number of H-pyrrole nitrogens is 1. The third-order valence-electron chi connectivity index (χ3n) is 6.58. The third-order valence-corrected chi connectivity index (χ3v) is 6.86. The molecular formula is C25H26ClFN4O4. The lowest BCUT2D eigenvalue weighted by atomic mass is 9.60. The summed E-state index contributed by atoms with van der Waals surface area (Å²) in [6, 6.07) is 6.01. The Morgan fingerprint density at radius 2 is 1.97 bits per heavy atom. The van der Waals surface area contributed by atoms with Crippen molar-refractivity contribution in [3.8, 4) is 17.2 Å². The number of hydrogen-bond acceptors (Lipinski definition) is 6. The molecule has 184 valence electrons. The second-order valence-corrected chi connectivity index (χ2v) is 9.33. The number of nitrogens with zero attached hydrogens (tertiary/aromatic N) is 2. The first-order valence-corrected chi connectivity index (χ1v) is 11.8. The van der Waals surface area contributed by atoms with Crippen molar-refractivity contribution in [3.63, 3.8) is 0 Å². The van der Waals surface area contributed by atoms with E-state index in [2.05, 4.69) is 10.1 Å². The summed E-state index contributed by atoms with van der Waals surface area (Å²) < 4.78 is 21.9. The van der Waals surface area contributed by atoms with E-state index in [4.69, 9.17) is 22.1 Å². The standard InChI is InChI=1S/C25H26ClFN4O4/c1-4-6-20(32)25(7-5-8-25)17-11-16(12-19(27)14(17)3)35-21-13(2)9-15(10-18(21)26)31-24(34)29-23(33)22(28)30-31/h9-12H,4-8H2,1-3H3,(H2,28,30)(H,29,33,34). The fourth-order valence-corrected chi connectivity index (χ4v) is 4.87. The Hall–Kier alpha value is -3.46. The van der Waals surface area contributed by atoms with E-state index < -0.39 is 22.5 Å². The molecule has 0 unspecified atom stereocenters. The van der Waals surface area contributed by atoms with Crippen molar-refractivity contribution in [2.45, 2.75) is 58.3 Å². The number of hydrogen-bond donors (Lipinski definition) is 2. The van der Waals surface area contributed by atoms with E-state index in [1.165, 1.54) is 12.1 Å². The van der Waals surface area contributed by atoms with Crippen LogP contribution in [0.2, 0.25) is 5.02 Å². The topological polar surface area (TPSA) is 120 Å². The first-order valence-electron chi connectivity index (χ1n) is 11.4. The number of nitrogens with two attached hydrogens (primary N) is 1. The summed E-state index contributed by atoms with van der Waals surface area (Å²) in [6.45, 7) is 5.34. The Bertz CT molecular complexity index is 1420. The minimum Gasteiger partial charge on any atom is -0.455 e. The molecule has 0 bridgehead atoms. The van der Waals surface area contributed by atoms with Gasteiger partial charge in [0.25, 0.3) is 5.56 Å². The van der Waals surface area contributed by atoms with Gasteiger partial charge in [-0.15, -0.1) is 5.10 Å². The fraction of sp³-hybridized carbons (Fsp3) is 0.360. The normalized spacial score (nSPS) is 14.4.